The maximum Gasteiger partial charge on any atom is 0.254 e. The maximum atomic E-state index is 13.7. The first-order chi connectivity index (χ1) is 8.91. The van der Waals surface area contributed by atoms with Crippen LogP contribution in [0.1, 0.15) is 42.6 Å². The quantitative estimate of drug-likeness (QED) is 0.793. The van der Waals surface area contributed by atoms with Gasteiger partial charge in [0.1, 0.15) is 5.82 Å². The van der Waals surface area contributed by atoms with Gasteiger partial charge in [0.25, 0.3) is 5.91 Å². The van der Waals surface area contributed by atoms with Gasteiger partial charge in [0.05, 0.1) is 0 Å². The largest absolute Gasteiger partial charge is 0.398 e. The molecule has 2 rings (SSSR count). The van der Waals surface area contributed by atoms with Crippen LogP contribution in [0.15, 0.2) is 12.1 Å². The number of amides is 1. The molecule has 2 unspecified atom stereocenters. The topological polar surface area (TPSA) is 46.3 Å². The Morgan fingerprint density at radius 3 is 2.74 bits per heavy atom. The van der Waals surface area contributed by atoms with Crippen molar-refractivity contribution >= 4 is 11.6 Å². The number of hydrogen-bond donors (Lipinski definition) is 1. The van der Waals surface area contributed by atoms with Crippen LogP contribution in [0.5, 0.6) is 0 Å². The number of halogens is 1. The van der Waals surface area contributed by atoms with Crippen LogP contribution in [0.4, 0.5) is 10.1 Å². The summed E-state index contributed by atoms with van der Waals surface area (Å²) in [6, 6.07) is 3.05. The van der Waals surface area contributed by atoms with Crippen molar-refractivity contribution in [3.05, 3.63) is 29.1 Å². The molecule has 1 fully saturated rings. The van der Waals surface area contributed by atoms with E-state index in [9.17, 15) is 9.18 Å². The second-order valence-corrected chi connectivity index (χ2v) is 5.53. The first kappa shape index (κ1) is 13.8. The highest BCUT2D eigenvalue weighted by molar-refractivity contribution is 5.95. The van der Waals surface area contributed by atoms with Gasteiger partial charge in [-0.25, -0.2) is 4.39 Å². The number of nitrogens with two attached hydrogens (primary N) is 1. The van der Waals surface area contributed by atoms with Crippen LogP contribution in [0, 0.1) is 18.7 Å². The SMILES string of the molecule is Cc1c(N)cc(C(=O)N2CCCC(C)C2C)cc1F. The predicted molar refractivity (Wildman–Crippen MR) is 74.4 cm³/mol. The van der Waals surface area contributed by atoms with Gasteiger partial charge in [-0.3, -0.25) is 4.79 Å². The fraction of sp³-hybridized carbons (Fsp3) is 0.533. The molecule has 2 N–H and O–H groups in total. The molecule has 3 nitrogen and oxygen atoms in total. The zero-order chi connectivity index (χ0) is 14.2. The number of benzene rings is 1. The summed E-state index contributed by atoms with van der Waals surface area (Å²) in [6.07, 6.45) is 2.14. The Bertz CT molecular complexity index is 478. The minimum Gasteiger partial charge on any atom is -0.398 e. The van der Waals surface area contributed by atoms with Gasteiger partial charge in [0, 0.05) is 29.4 Å². The van der Waals surface area contributed by atoms with Gasteiger partial charge in [0.15, 0.2) is 0 Å². The molecule has 0 radical (unpaired) electrons. The first-order valence-corrected chi connectivity index (χ1v) is 6.78. The van der Waals surface area contributed by atoms with Crippen LogP contribution in [0.2, 0.25) is 0 Å². The summed E-state index contributed by atoms with van der Waals surface area (Å²) < 4.78 is 13.7. The number of carbonyl (C=O) groups excluding carboxylic acids is 1. The van der Waals surface area contributed by atoms with Gasteiger partial charge in [-0.05, 0) is 44.7 Å². The van der Waals surface area contributed by atoms with Gasteiger partial charge in [-0.1, -0.05) is 6.92 Å². The molecule has 1 aliphatic heterocycles. The molecule has 1 saturated heterocycles. The molecule has 0 aliphatic carbocycles. The number of carbonyl (C=O) groups is 1. The average Bonchev–Trinajstić information content (AvgIpc) is 2.38. The Balaban J connectivity index is 2.29. The van der Waals surface area contributed by atoms with Crippen molar-refractivity contribution in [2.75, 3.05) is 12.3 Å². The Labute approximate surface area is 113 Å². The van der Waals surface area contributed by atoms with Crippen LogP contribution in [0.25, 0.3) is 0 Å². The lowest BCUT2D eigenvalue weighted by molar-refractivity contribution is 0.0550. The molecule has 0 saturated carbocycles. The molecule has 1 heterocycles. The highest BCUT2D eigenvalue weighted by atomic mass is 19.1. The number of likely N-dealkylation sites (tertiary alicyclic amines) is 1. The van der Waals surface area contributed by atoms with Crippen molar-refractivity contribution in [1.29, 1.82) is 0 Å². The van der Waals surface area contributed by atoms with Crippen molar-refractivity contribution in [3.8, 4) is 0 Å². The molecule has 1 aliphatic rings. The van der Waals surface area contributed by atoms with Crippen molar-refractivity contribution in [3.63, 3.8) is 0 Å². The van der Waals surface area contributed by atoms with E-state index in [0.29, 0.717) is 22.7 Å². The van der Waals surface area contributed by atoms with Crippen LogP contribution in [0.3, 0.4) is 0 Å². The highest BCUT2D eigenvalue weighted by Crippen LogP contribution is 2.26. The summed E-state index contributed by atoms with van der Waals surface area (Å²) in [5.74, 6) is -0.0592. The van der Waals surface area contributed by atoms with E-state index in [-0.39, 0.29) is 11.9 Å². The maximum absolute atomic E-state index is 13.7. The zero-order valence-corrected chi connectivity index (χ0v) is 11.7. The molecule has 1 aromatic rings. The monoisotopic (exact) mass is 264 g/mol. The molecule has 4 heteroatoms. The molecular formula is C15H21FN2O. The first-order valence-electron chi connectivity index (χ1n) is 6.78. The third kappa shape index (κ3) is 2.57. The van der Waals surface area contributed by atoms with E-state index in [4.69, 9.17) is 5.73 Å². The van der Waals surface area contributed by atoms with E-state index in [1.807, 2.05) is 4.90 Å². The lowest BCUT2D eigenvalue weighted by Crippen LogP contribution is -2.46. The number of nitrogens with zero attached hydrogens (tertiary/aromatic N) is 1. The molecule has 1 aromatic carbocycles. The summed E-state index contributed by atoms with van der Waals surface area (Å²) in [7, 11) is 0. The van der Waals surface area contributed by atoms with Gasteiger partial charge in [-0.15, -0.1) is 0 Å². The molecular weight excluding hydrogens is 243 g/mol. The Kier molecular flexibility index (Phi) is 3.78. The van der Waals surface area contributed by atoms with Gasteiger partial charge >= 0.3 is 0 Å². The summed E-state index contributed by atoms with van der Waals surface area (Å²) in [5.41, 5.74) is 6.82. The Morgan fingerprint density at radius 2 is 2.11 bits per heavy atom. The van der Waals surface area contributed by atoms with E-state index in [1.54, 1.807) is 13.0 Å². The van der Waals surface area contributed by atoms with Crippen LogP contribution in [-0.4, -0.2) is 23.4 Å². The number of piperidine rings is 1. The molecule has 1 amide bonds. The average molecular weight is 264 g/mol. The van der Waals surface area contributed by atoms with Crippen LogP contribution in [-0.2, 0) is 0 Å². The fourth-order valence-corrected chi connectivity index (χ4v) is 2.61. The second-order valence-electron chi connectivity index (χ2n) is 5.53. The van der Waals surface area contributed by atoms with E-state index in [1.165, 1.54) is 6.07 Å². The Hall–Kier alpha value is -1.58. The standard InChI is InChI=1S/C15H21FN2O/c1-9-5-4-6-18(11(9)3)15(19)12-7-13(16)10(2)14(17)8-12/h7-9,11H,4-6,17H2,1-3H3. The third-order valence-corrected chi connectivity index (χ3v) is 4.27. The van der Waals surface area contributed by atoms with Gasteiger partial charge in [-0.2, -0.15) is 0 Å². The lowest BCUT2D eigenvalue weighted by atomic mass is 9.91. The Morgan fingerprint density at radius 1 is 1.42 bits per heavy atom. The molecule has 0 spiro atoms. The number of anilines is 1. The van der Waals surface area contributed by atoms with Crippen LogP contribution < -0.4 is 5.73 Å². The number of nitrogen functional groups attached to an aromatic ring is 1. The third-order valence-electron chi connectivity index (χ3n) is 4.27. The summed E-state index contributed by atoms with van der Waals surface area (Å²) in [6.45, 7) is 6.55. The second kappa shape index (κ2) is 5.19. The van der Waals surface area contributed by atoms with Crippen molar-refractivity contribution in [1.82, 2.24) is 4.90 Å². The predicted octanol–water partition coefficient (Wildman–Crippen LogP) is 2.98. The molecule has 19 heavy (non-hydrogen) atoms. The lowest BCUT2D eigenvalue weighted by Gasteiger charge is -2.38. The zero-order valence-electron chi connectivity index (χ0n) is 11.7. The van der Waals surface area contributed by atoms with Crippen molar-refractivity contribution in [2.45, 2.75) is 39.7 Å². The summed E-state index contributed by atoms with van der Waals surface area (Å²) in [5, 5.41) is 0. The van der Waals surface area contributed by atoms with Crippen molar-refractivity contribution < 1.29 is 9.18 Å². The highest BCUT2D eigenvalue weighted by Gasteiger charge is 2.29. The van der Waals surface area contributed by atoms with Crippen molar-refractivity contribution in [2.24, 2.45) is 5.92 Å². The minimum absolute atomic E-state index is 0.121. The molecule has 0 aromatic heterocycles. The minimum atomic E-state index is -0.416. The fourth-order valence-electron chi connectivity index (χ4n) is 2.61. The molecule has 2 atom stereocenters. The van der Waals surface area contributed by atoms with Crippen LogP contribution >= 0.6 is 0 Å². The number of hydrogen-bond acceptors (Lipinski definition) is 2. The van der Waals surface area contributed by atoms with E-state index in [0.717, 1.165) is 19.4 Å². The van der Waals surface area contributed by atoms with Gasteiger partial charge in [0.2, 0.25) is 0 Å². The molecule has 0 bridgehead atoms. The normalized spacial score (nSPS) is 23.5. The van der Waals surface area contributed by atoms with E-state index >= 15 is 0 Å². The number of rotatable bonds is 1. The molecule has 104 valence electrons. The summed E-state index contributed by atoms with van der Waals surface area (Å²) in [4.78, 5) is 14.3. The smallest absolute Gasteiger partial charge is 0.254 e. The van der Waals surface area contributed by atoms with E-state index in [2.05, 4.69) is 13.8 Å². The summed E-state index contributed by atoms with van der Waals surface area (Å²) >= 11 is 0. The van der Waals surface area contributed by atoms with E-state index < -0.39 is 5.82 Å². The van der Waals surface area contributed by atoms with Gasteiger partial charge < -0.3 is 10.6 Å².